The fourth-order valence-electron chi connectivity index (χ4n) is 9.46. The van der Waals surface area contributed by atoms with E-state index in [1.54, 1.807) is 6.08 Å². The number of rotatable bonds is 5. The molecule has 0 aromatic heterocycles. The standard InChI is InChI=1S/C30H44O5/c1-17(18(2)27(32)33-6)14-25-19(3)26-29(5)13-11-23-22(24(29)16-30(26,34-7)35-25)9-8-20-15-21(31)10-12-28(20,23)4/h10,12,15,17-19,22-26H,8-9,11,13-14,16H2,1-7H3/t17-,18+,19+,22+,23-,24-,25+,26+,28-,29-,30-/m0/s1. The minimum atomic E-state index is -0.540. The summed E-state index contributed by atoms with van der Waals surface area (Å²) in [5, 5.41) is 0. The first kappa shape index (κ1) is 25.2. The number of ether oxygens (including phenoxy) is 3. The van der Waals surface area contributed by atoms with E-state index in [1.165, 1.54) is 25.5 Å². The number of methoxy groups -OCH3 is 2. The minimum Gasteiger partial charge on any atom is -0.469 e. The van der Waals surface area contributed by atoms with Crippen LogP contribution in [0.5, 0.6) is 0 Å². The van der Waals surface area contributed by atoms with E-state index in [0.29, 0.717) is 29.6 Å². The summed E-state index contributed by atoms with van der Waals surface area (Å²) < 4.78 is 18.2. The van der Waals surface area contributed by atoms with Crippen LogP contribution in [0.15, 0.2) is 23.8 Å². The lowest BCUT2D eigenvalue weighted by Crippen LogP contribution is -2.50. The van der Waals surface area contributed by atoms with E-state index in [0.717, 1.165) is 25.7 Å². The Bertz CT molecular complexity index is 952. The third-order valence-corrected chi connectivity index (χ3v) is 11.5. The smallest absolute Gasteiger partial charge is 0.308 e. The van der Waals surface area contributed by atoms with Gasteiger partial charge in [0.25, 0.3) is 0 Å². The van der Waals surface area contributed by atoms with Crippen LogP contribution in [0.1, 0.15) is 73.1 Å². The first-order valence-corrected chi connectivity index (χ1v) is 13.8. The molecule has 0 radical (unpaired) electrons. The van der Waals surface area contributed by atoms with Crippen molar-refractivity contribution >= 4 is 11.8 Å². The average Bonchev–Trinajstić information content (AvgIpc) is 3.27. The van der Waals surface area contributed by atoms with E-state index in [4.69, 9.17) is 14.2 Å². The van der Waals surface area contributed by atoms with Crippen molar-refractivity contribution in [2.24, 2.45) is 52.3 Å². The molecule has 1 aliphatic heterocycles. The summed E-state index contributed by atoms with van der Waals surface area (Å²) in [5.41, 5.74) is 1.52. The molecule has 4 aliphatic carbocycles. The maximum Gasteiger partial charge on any atom is 0.308 e. The summed E-state index contributed by atoms with van der Waals surface area (Å²) in [5.74, 6) is 1.99. The molecule has 5 heteroatoms. The number of carbonyl (C=O) groups is 2. The summed E-state index contributed by atoms with van der Waals surface area (Å²) >= 11 is 0. The van der Waals surface area contributed by atoms with Gasteiger partial charge in [0.15, 0.2) is 11.6 Å². The molecule has 35 heavy (non-hydrogen) atoms. The van der Waals surface area contributed by atoms with Gasteiger partial charge in [-0.25, -0.2) is 0 Å². The number of fused-ring (bicyclic) bond motifs is 7. The third-order valence-electron chi connectivity index (χ3n) is 11.5. The van der Waals surface area contributed by atoms with Crippen LogP contribution in [-0.2, 0) is 23.8 Å². The van der Waals surface area contributed by atoms with E-state index in [9.17, 15) is 9.59 Å². The van der Waals surface area contributed by atoms with Crippen LogP contribution in [0.25, 0.3) is 0 Å². The van der Waals surface area contributed by atoms with E-state index in [1.807, 2.05) is 20.1 Å². The predicted octanol–water partition coefficient (Wildman–Crippen LogP) is 5.73. The van der Waals surface area contributed by atoms with E-state index >= 15 is 0 Å². The van der Waals surface area contributed by atoms with Crippen molar-refractivity contribution in [3.63, 3.8) is 0 Å². The van der Waals surface area contributed by atoms with Crippen molar-refractivity contribution < 1.29 is 23.8 Å². The van der Waals surface area contributed by atoms with Crippen molar-refractivity contribution in [3.05, 3.63) is 23.8 Å². The average molecular weight is 485 g/mol. The predicted molar refractivity (Wildman–Crippen MR) is 134 cm³/mol. The first-order valence-electron chi connectivity index (χ1n) is 13.8. The Morgan fingerprint density at radius 2 is 1.94 bits per heavy atom. The summed E-state index contributed by atoms with van der Waals surface area (Å²) in [6.07, 6.45) is 12.3. The highest BCUT2D eigenvalue weighted by Crippen LogP contribution is 2.72. The molecule has 1 heterocycles. The van der Waals surface area contributed by atoms with Crippen LogP contribution in [0.3, 0.4) is 0 Å². The van der Waals surface area contributed by atoms with Gasteiger partial charge in [0.2, 0.25) is 0 Å². The quantitative estimate of drug-likeness (QED) is 0.466. The van der Waals surface area contributed by atoms with Crippen LogP contribution in [0, 0.1) is 52.3 Å². The number of hydrogen-bond acceptors (Lipinski definition) is 5. The summed E-state index contributed by atoms with van der Waals surface area (Å²) in [7, 11) is 3.30. The SMILES string of the molecule is COC(=O)[C@H](C)[C@@H](C)C[C@H]1O[C@@]2(OC)C[C@H]3[C@@H]4CCC5=CC(=O)C=C[C@]5(C)[C@H]4CC[C@]3(C)[C@H]2[C@@H]1C. The van der Waals surface area contributed by atoms with Crippen LogP contribution in [-0.4, -0.2) is 37.9 Å². The molecule has 0 aromatic rings. The van der Waals surface area contributed by atoms with Gasteiger partial charge in [-0.15, -0.1) is 0 Å². The number of allylic oxidation sites excluding steroid dienone is 4. The topological polar surface area (TPSA) is 61.8 Å². The normalized spacial score (nSPS) is 47.7. The molecule has 5 rings (SSSR count). The van der Waals surface area contributed by atoms with Crippen molar-refractivity contribution in [2.45, 2.75) is 85.0 Å². The Labute approximate surface area is 211 Å². The van der Waals surface area contributed by atoms with Gasteiger partial charge >= 0.3 is 5.97 Å². The maximum absolute atomic E-state index is 12.1. The molecule has 5 aliphatic rings. The number of carbonyl (C=O) groups excluding carboxylic acids is 2. The van der Waals surface area contributed by atoms with Crippen LogP contribution in [0.2, 0.25) is 0 Å². The first-order chi connectivity index (χ1) is 16.5. The van der Waals surface area contributed by atoms with Gasteiger partial charge in [-0.05, 0) is 79.3 Å². The van der Waals surface area contributed by atoms with E-state index < -0.39 is 5.79 Å². The molecular weight excluding hydrogens is 440 g/mol. The molecule has 4 fully saturated rings. The summed E-state index contributed by atoms with van der Waals surface area (Å²) in [4.78, 5) is 24.2. The Hall–Kier alpha value is -1.46. The maximum atomic E-state index is 12.1. The molecular formula is C30H44O5. The van der Waals surface area contributed by atoms with Gasteiger partial charge < -0.3 is 14.2 Å². The summed E-state index contributed by atoms with van der Waals surface area (Å²) in [6.45, 7) is 11.3. The van der Waals surface area contributed by atoms with Crippen molar-refractivity contribution in [1.82, 2.24) is 0 Å². The second-order valence-electron chi connectivity index (χ2n) is 12.9. The Morgan fingerprint density at radius 3 is 2.63 bits per heavy atom. The van der Waals surface area contributed by atoms with Gasteiger partial charge in [-0.1, -0.05) is 46.3 Å². The van der Waals surface area contributed by atoms with E-state index in [-0.39, 0.29) is 40.5 Å². The van der Waals surface area contributed by atoms with Crippen molar-refractivity contribution in [2.75, 3.05) is 14.2 Å². The molecule has 0 spiro atoms. The zero-order valence-electron chi connectivity index (χ0n) is 22.6. The van der Waals surface area contributed by atoms with Crippen LogP contribution >= 0.6 is 0 Å². The minimum absolute atomic E-state index is 0.00452. The fourth-order valence-corrected chi connectivity index (χ4v) is 9.46. The number of hydrogen-bond donors (Lipinski definition) is 0. The molecule has 5 nitrogen and oxygen atoms in total. The van der Waals surface area contributed by atoms with Gasteiger partial charge in [0, 0.05) is 24.9 Å². The monoisotopic (exact) mass is 484 g/mol. The molecule has 0 bridgehead atoms. The molecule has 0 unspecified atom stereocenters. The Balaban J connectivity index is 1.40. The Morgan fingerprint density at radius 1 is 1.20 bits per heavy atom. The zero-order valence-corrected chi connectivity index (χ0v) is 22.6. The number of ketones is 1. The van der Waals surface area contributed by atoms with Crippen LogP contribution < -0.4 is 0 Å². The Kier molecular flexibility index (Phi) is 6.15. The lowest BCUT2D eigenvalue weighted by atomic mass is 9.47. The van der Waals surface area contributed by atoms with Crippen LogP contribution in [0.4, 0.5) is 0 Å². The third kappa shape index (κ3) is 3.54. The second-order valence-corrected chi connectivity index (χ2v) is 12.9. The molecule has 11 atom stereocenters. The largest absolute Gasteiger partial charge is 0.469 e. The molecule has 0 aromatic carbocycles. The molecule has 0 amide bonds. The zero-order chi connectivity index (χ0) is 25.3. The molecule has 0 N–H and O–H groups in total. The molecule has 194 valence electrons. The lowest BCUT2D eigenvalue weighted by Gasteiger charge is -2.57. The van der Waals surface area contributed by atoms with Crippen molar-refractivity contribution in [3.8, 4) is 0 Å². The van der Waals surface area contributed by atoms with Gasteiger partial charge in [0.1, 0.15) is 0 Å². The second kappa shape index (κ2) is 8.55. The fraction of sp³-hybridized carbons (Fsp3) is 0.800. The van der Waals surface area contributed by atoms with Gasteiger partial charge in [0.05, 0.1) is 19.1 Å². The van der Waals surface area contributed by atoms with Gasteiger partial charge in [-0.3, -0.25) is 9.59 Å². The van der Waals surface area contributed by atoms with Crippen molar-refractivity contribution in [1.29, 1.82) is 0 Å². The highest BCUT2D eigenvalue weighted by molar-refractivity contribution is 6.01. The van der Waals surface area contributed by atoms with Gasteiger partial charge in [-0.2, -0.15) is 0 Å². The molecule has 3 saturated carbocycles. The summed E-state index contributed by atoms with van der Waals surface area (Å²) in [6, 6.07) is 0. The number of esters is 1. The van der Waals surface area contributed by atoms with E-state index in [2.05, 4.69) is 33.8 Å². The highest BCUT2D eigenvalue weighted by Gasteiger charge is 2.71. The molecule has 1 saturated heterocycles. The lowest BCUT2D eigenvalue weighted by molar-refractivity contribution is -0.229. The highest BCUT2D eigenvalue weighted by atomic mass is 16.7.